The fraction of sp³-hybridized carbons (Fsp3) is 0.545. The zero-order chi connectivity index (χ0) is 18.6. The number of rotatable bonds is 4. The van der Waals surface area contributed by atoms with E-state index in [-0.39, 0.29) is 11.7 Å². The van der Waals surface area contributed by atoms with Gasteiger partial charge in [-0.15, -0.1) is 5.10 Å². The number of aromatic nitrogens is 3. The molecule has 1 aliphatic carbocycles. The molecule has 2 fully saturated rings. The van der Waals surface area contributed by atoms with Crippen molar-refractivity contribution in [3.05, 3.63) is 36.0 Å². The Morgan fingerprint density at radius 1 is 1.04 bits per heavy atom. The number of benzene rings is 1. The summed E-state index contributed by atoms with van der Waals surface area (Å²) in [7, 11) is 0. The molecule has 0 radical (unpaired) electrons. The number of piperidine rings is 1. The van der Waals surface area contributed by atoms with Crippen molar-refractivity contribution in [2.24, 2.45) is 5.92 Å². The normalized spacial score (nSPS) is 21.2. The Kier molecular flexibility index (Phi) is 5.46. The first-order chi connectivity index (χ1) is 13.2. The Morgan fingerprint density at radius 2 is 1.81 bits per heavy atom. The molecule has 1 saturated heterocycles. The predicted octanol–water partition coefficient (Wildman–Crippen LogP) is 4.39. The highest BCUT2D eigenvalue weighted by molar-refractivity contribution is 5.79. The van der Waals surface area contributed by atoms with Gasteiger partial charge in [-0.1, -0.05) is 43.5 Å². The molecule has 1 saturated carbocycles. The van der Waals surface area contributed by atoms with Gasteiger partial charge in [0.05, 0.1) is 11.9 Å². The predicted molar refractivity (Wildman–Crippen MR) is 107 cm³/mol. The number of anilines is 1. The minimum Gasteiger partial charge on any atom is -0.339 e. The number of hydrogen-bond donors (Lipinski definition) is 0. The maximum atomic E-state index is 11.7. The molecule has 0 bridgehead atoms. The maximum Gasteiger partial charge on any atom is 0.245 e. The number of ketones is 1. The van der Waals surface area contributed by atoms with Crippen molar-refractivity contribution in [3.8, 4) is 11.3 Å². The van der Waals surface area contributed by atoms with Crippen LogP contribution in [0.2, 0.25) is 0 Å². The minimum atomic E-state index is 0.0841. The molecule has 5 heteroatoms. The van der Waals surface area contributed by atoms with Gasteiger partial charge in [0.1, 0.15) is 5.78 Å². The molecule has 4 rings (SSSR count). The van der Waals surface area contributed by atoms with E-state index in [1.54, 1.807) is 13.1 Å². The minimum absolute atomic E-state index is 0.0841. The molecule has 2 aromatic rings. The van der Waals surface area contributed by atoms with Crippen LogP contribution in [0.5, 0.6) is 0 Å². The summed E-state index contributed by atoms with van der Waals surface area (Å²) < 4.78 is 0. The number of carbonyl (C=O) groups is 1. The van der Waals surface area contributed by atoms with Crippen LogP contribution >= 0.6 is 0 Å². The lowest BCUT2D eigenvalue weighted by atomic mass is 9.84. The van der Waals surface area contributed by atoms with Gasteiger partial charge >= 0.3 is 0 Å². The molecule has 5 nitrogen and oxygen atoms in total. The fourth-order valence-corrected chi connectivity index (χ4v) is 4.42. The van der Waals surface area contributed by atoms with E-state index in [9.17, 15) is 4.79 Å². The van der Waals surface area contributed by atoms with Crippen LogP contribution in [0.25, 0.3) is 11.3 Å². The second-order valence-electron chi connectivity index (χ2n) is 7.99. The molecule has 27 heavy (non-hydrogen) atoms. The van der Waals surface area contributed by atoms with Crippen LogP contribution in [-0.2, 0) is 4.79 Å². The number of carbonyl (C=O) groups excluding carboxylic acids is 1. The van der Waals surface area contributed by atoms with Crippen molar-refractivity contribution in [1.29, 1.82) is 0 Å². The second kappa shape index (κ2) is 8.15. The smallest absolute Gasteiger partial charge is 0.245 e. The second-order valence-corrected chi connectivity index (χ2v) is 7.99. The molecule has 1 aliphatic heterocycles. The van der Waals surface area contributed by atoms with E-state index in [0.717, 1.165) is 30.6 Å². The van der Waals surface area contributed by atoms with E-state index >= 15 is 0 Å². The molecule has 0 spiro atoms. The van der Waals surface area contributed by atoms with E-state index < -0.39 is 0 Å². The van der Waals surface area contributed by atoms with Crippen LogP contribution < -0.4 is 4.90 Å². The third-order valence-electron chi connectivity index (χ3n) is 6.11. The summed E-state index contributed by atoms with van der Waals surface area (Å²) >= 11 is 0. The third-order valence-corrected chi connectivity index (χ3v) is 6.11. The zero-order valence-corrected chi connectivity index (χ0v) is 16.1. The number of Topliss-reactive ketones (excluding diaryl/α,β-unsaturated/α-hetero) is 1. The SMILES string of the molecule is CC(=O)[C@H]1CCCN(c2nncc(-c3ccc(C4CCCCC4)cc3)n2)C1. The van der Waals surface area contributed by atoms with E-state index in [1.807, 2.05) is 0 Å². The Hall–Kier alpha value is -2.30. The van der Waals surface area contributed by atoms with E-state index in [2.05, 4.69) is 39.4 Å². The average Bonchev–Trinajstić information content (AvgIpc) is 2.75. The first-order valence-corrected chi connectivity index (χ1v) is 10.3. The van der Waals surface area contributed by atoms with Crippen molar-refractivity contribution in [2.75, 3.05) is 18.0 Å². The van der Waals surface area contributed by atoms with Gasteiger partial charge in [-0.25, -0.2) is 4.98 Å². The van der Waals surface area contributed by atoms with Crippen LogP contribution in [-0.4, -0.2) is 34.1 Å². The summed E-state index contributed by atoms with van der Waals surface area (Å²) in [5.74, 6) is 1.68. The zero-order valence-electron chi connectivity index (χ0n) is 16.1. The van der Waals surface area contributed by atoms with Crippen LogP contribution in [0.15, 0.2) is 30.5 Å². The molecule has 142 valence electrons. The number of hydrogen-bond acceptors (Lipinski definition) is 5. The largest absolute Gasteiger partial charge is 0.339 e. The lowest BCUT2D eigenvalue weighted by Crippen LogP contribution is -2.39. The lowest BCUT2D eigenvalue weighted by Gasteiger charge is -2.31. The van der Waals surface area contributed by atoms with Gasteiger partial charge in [0.25, 0.3) is 0 Å². The van der Waals surface area contributed by atoms with Crippen LogP contribution in [0.1, 0.15) is 63.4 Å². The van der Waals surface area contributed by atoms with Crippen molar-refractivity contribution >= 4 is 11.7 Å². The summed E-state index contributed by atoms with van der Waals surface area (Å²) in [6, 6.07) is 8.82. The maximum absolute atomic E-state index is 11.7. The Labute approximate surface area is 161 Å². The van der Waals surface area contributed by atoms with Crippen molar-refractivity contribution in [3.63, 3.8) is 0 Å². The highest BCUT2D eigenvalue weighted by Gasteiger charge is 2.25. The number of nitrogens with zero attached hydrogens (tertiary/aromatic N) is 4. The van der Waals surface area contributed by atoms with Gasteiger partial charge in [-0.3, -0.25) is 4.79 Å². The highest BCUT2D eigenvalue weighted by atomic mass is 16.1. The quantitative estimate of drug-likeness (QED) is 0.805. The molecular weight excluding hydrogens is 336 g/mol. The Balaban J connectivity index is 1.51. The molecule has 0 amide bonds. The molecule has 2 heterocycles. The molecule has 1 aromatic carbocycles. The van der Waals surface area contributed by atoms with Gasteiger partial charge in [0, 0.05) is 24.6 Å². The summed E-state index contributed by atoms with van der Waals surface area (Å²) in [5.41, 5.74) is 3.37. The van der Waals surface area contributed by atoms with Gasteiger partial charge in [0.15, 0.2) is 0 Å². The molecule has 1 aromatic heterocycles. The van der Waals surface area contributed by atoms with Gasteiger partial charge in [-0.05, 0) is 44.1 Å². The fourth-order valence-electron chi connectivity index (χ4n) is 4.42. The van der Waals surface area contributed by atoms with E-state index in [4.69, 9.17) is 4.98 Å². The first-order valence-electron chi connectivity index (χ1n) is 10.3. The summed E-state index contributed by atoms with van der Waals surface area (Å²) in [4.78, 5) is 18.6. The van der Waals surface area contributed by atoms with E-state index in [1.165, 1.54) is 37.7 Å². The van der Waals surface area contributed by atoms with Crippen LogP contribution in [0.4, 0.5) is 5.95 Å². The van der Waals surface area contributed by atoms with Gasteiger partial charge in [-0.2, -0.15) is 5.10 Å². The van der Waals surface area contributed by atoms with Crippen molar-refractivity contribution in [2.45, 2.75) is 57.8 Å². The molecule has 0 unspecified atom stereocenters. The lowest BCUT2D eigenvalue weighted by molar-refractivity contribution is -0.120. The highest BCUT2D eigenvalue weighted by Crippen LogP contribution is 2.33. The standard InChI is InChI=1S/C22H28N4O/c1-16(27)20-8-5-13-26(15-20)22-24-21(14-23-25-22)19-11-9-18(10-12-19)17-6-3-2-4-7-17/h9-12,14,17,20H,2-8,13,15H2,1H3/t20-/m0/s1. The summed E-state index contributed by atoms with van der Waals surface area (Å²) in [5, 5.41) is 8.41. The topological polar surface area (TPSA) is 59.0 Å². The molecule has 2 aliphatic rings. The van der Waals surface area contributed by atoms with E-state index in [0.29, 0.717) is 18.4 Å². The van der Waals surface area contributed by atoms with Crippen molar-refractivity contribution < 1.29 is 4.79 Å². The Morgan fingerprint density at radius 3 is 2.56 bits per heavy atom. The molecule has 0 N–H and O–H groups in total. The van der Waals surface area contributed by atoms with Crippen molar-refractivity contribution in [1.82, 2.24) is 15.2 Å². The molecule has 1 atom stereocenters. The summed E-state index contributed by atoms with van der Waals surface area (Å²) in [6.07, 6.45) is 10.4. The van der Waals surface area contributed by atoms with Crippen LogP contribution in [0.3, 0.4) is 0 Å². The Bertz CT molecular complexity index is 783. The first kappa shape index (κ1) is 18.1. The average molecular weight is 364 g/mol. The van der Waals surface area contributed by atoms with Gasteiger partial charge in [0.2, 0.25) is 5.95 Å². The molecular formula is C22H28N4O. The summed E-state index contributed by atoms with van der Waals surface area (Å²) in [6.45, 7) is 3.26. The van der Waals surface area contributed by atoms with Crippen LogP contribution in [0, 0.1) is 5.92 Å². The monoisotopic (exact) mass is 364 g/mol. The van der Waals surface area contributed by atoms with Gasteiger partial charge < -0.3 is 4.90 Å². The third kappa shape index (κ3) is 4.18.